The second-order valence-corrected chi connectivity index (χ2v) is 8.00. The van der Waals surface area contributed by atoms with Crippen LogP contribution in [0.15, 0.2) is 22.7 Å². The number of hydrogen-bond acceptors (Lipinski definition) is 3. The van der Waals surface area contributed by atoms with Crippen LogP contribution in [0.1, 0.15) is 31.7 Å². The molecule has 0 saturated carbocycles. The molecule has 5 nitrogen and oxygen atoms in total. The third kappa shape index (κ3) is 5.96. The monoisotopic (exact) mass is 390 g/mol. The molecule has 1 aromatic rings. The predicted molar refractivity (Wildman–Crippen MR) is 93.6 cm³/mol. The Hall–Kier alpha value is -1.08. The molecule has 0 unspecified atom stereocenters. The number of halogens is 1. The van der Waals surface area contributed by atoms with Gasteiger partial charge in [0, 0.05) is 17.4 Å². The maximum absolute atomic E-state index is 12.0. The summed E-state index contributed by atoms with van der Waals surface area (Å²) in [5, 5.41) is 2.76. The summed E-state index contributed by atoms with van der Waals surface area (Å²) in [6.45, 7) is 4.45. The molecular formula is C15H23BrN2O3S. The summed E-state index contributed by atoms with van der Waals surface area (Å²) in [6.07, 6.45) is 3.44. The van der Waals surface area contributed by atoms with Gasteiger partial charge in [-0.1, -0.05) is 19.4 Å². The highest BCUT2D eigenvalue weighted by Crippen LogP contribution is 2.28. The van der Waals surface area contributed by atoms with Crippen LogP contribution in [0.25, 0.3) is 0 Å². The smallest absolute Gasteiger partial charge is 0.232 e. The fraction of sp³-hybridized carbons (Fsp3) is 0.533. The fourth-order valence-corrected chi connectivity index (χ4v) is 3.77. The Morgan fingerprint density at radius 1 is 1.36 bits per heavy atom. The molecule has 0 aliphatic rings. The summed E-state index contributed by atoms with van der Waals surface area (Å²) >= 11 is 3.40. The normalized spacial score (nSPS) is 11.3. The van der Waals surface area contributed by atoms with Gasteiger partial charge in [-0.25, -0.2) is 8.42 Å². The van der Waals surface area contributed by atoms with E-state index >= 15 is 0 Å². The minimum atomic E-state index is -3.42. The van der Waals surface area contributed by atoms with Gasteiger partial charge in [0.25, 0.3) is 0 Å². The van der Waals surface area contributed by atoms with Crippen LogP contribution in [-0.4, -0.2) is 33.7 Å². The zero-order chi connectivity index (χ0) is 16.8. The lowest BCUT2D eigenvalue weighted by Crippen LogP contribution is -2.38. The van der Waals surface area contributed by atoms with Crippen molar-refractivity contribution in [2.45, 2.75) is 33.1 Å². The molecule has 0 spiro atoms. The van der Waals surface area contributed by atoms with Gasteiger partial charge in [-0.2, -0.15) is 0 Å². The standard InChI is InChI=1S/C15H23BrN2O3S/c1-4-5-6-15(19)17-9-10-18(22(3,20)21)14-8-7-12(2)11-13(14)16/h7-8,11H,4-6,9-10H2,1-3H3,(H,17,19). The molecule has 0 heterocycles. The molecule has 22 heavy (non-hydrogen) atoms. The maximum atomic E-state index is 12.0. The number of aryl methyl sites for hydroxylation is 1. The number of sulfonamides is 1. The number of nitrogens with zero attached hydrogens (tertiary/aromatic N) is 1. The highest BCUT2D eigenvalue weighted by atomic mass is 79.9. The molecule has 0 aliphatic heterocycles. The number of nitrogens with one attached hydrogen (secondary N) is 1. The minimum absolute atomic E-state index is 0.0433. The number of rotatable bonds is 8. The van der Waals surface area contributed by atoms with Crippen molar-refractivity contribution in [3.63, 3.8) is 0 Å². The number of hydrogen-bond donors (Lipinski definition) is 1. The van der Waals surface area contributed by atoms with Gasteiger partial charge >= 0.3 is 0 Å². The van der Waals surface area contributed by atoms with Crippen LogP contribution < -0.4 is 9.62 Å². The minimum Gasteiger partial charge on any atom is -0.354 e. The van der Waals surface area contributed by atoms with Crippen molar-refractivity contribution in [3.8, 4) is 0 Å². The lowest BCUT2D eigenvalue weighted by atomic mass is 10.2. The average molecular weight is 391 g/mol. The van der Waals surface area contributed by atoms with Gasteiger partial charge < -0.3 is 5.32 Å². The number of carbonyl (C=O) groups excluding carboxylic acids is 1. The first-order chi connectivity index (χ1) is 10.3. The number of carbonyl (C=O) groups is 1. The van der Waals surface area contributed by atoms with E-state index in [9.17, 15) is 13.2 Å². The molecule has 0 radical (unpaired) electrons. The number of amides is 1. The van der Waals surface area contributed by atoms with E-state index in [1.54, 1.807) is 6.07 Å². The molecule has 7 heteroatoms. The van der Waals surface area contributed by atoms with Gasteiger partial charge in [0.05, 0.1) is 18.5 Å². The maximum Gasteiger partial charge on any atom is 0.232 e. The molecule has 0 aliphatic carbocycles. The van der Waals surface area contributed by atoms with Crippen LogP contribution >= 0.6 is 15.9 Å². The number of anilines is 1. The van der Waals surface area contributed by atoms with Crippen LogP contribution in [0, 0.1) is 6.92 Å². The Kier molecular flexibility index (Phi) is 7.35. The van der Waals surface area contributed by atoms with Gasteiger partial charge in [0.15, 0.2) is 0 Å². The molecule has 0 saturated heterocycles. The first-order valence-electron chi connectivity index (χ1n) is 7.26. The Bertz CT molecular complexity index is 617. The Balaban J connectivity index is 2.77. The van der Waals surface area contributed by atoms with Gasteiger partial charge in [-0.3, -0.25) is 9.10 Å². The molecular weight excluding hydrogens is 368 g/mol. The average Bonchev–Trinajstić information content (AvgIpc) is 2.41. The summed E-state index contributed by atoms with van der Waals surface area (Å²) in [5.41, 5.74) is 1.62. The molecule has 124 valence electrons. The molecule has 0 aromatic heterocycles. The lowest BCUT2D eigenvalue weighted by molar-refractivity contribution is -0.121. The summed E-state index contributed by atoms with van der Waals surface area (Å²) < 4.78 is 26.0. The number of unbranched alkanes of at least 4 members (excludes halogenated alkanes) is 1. The number of benzene rings is 1. The second kappa shape index (κ2) is 8.53. The van der Waals surface area contributed by atoms with Crippen molar-refractivity contribution in [2.75, 3.05) is 23.7 Å². The van der Waals surface area contributed by atoms with Crippen molar-refractivity contribution >= 4 is 37.5 Å². The van der Waals surface area contributed by atoms with Crippen LogP contribution in [-0.2, 0) is 14.8 Å². The predicted octanol–water partition coefficient (Wildman–Crippen LogP) is 2.83. The molecule has 1 amide bonds. The molecule has 0 atom stereocenters. The van der Waals surface area contributed by atoms with E-state index < -0.39 is 10.0 Å². The quantitative estimate of drug-likeness (QED) is 0.741. The summed E-state index contributed by atoms with van der Waals surface area (Å²) in [5.74, 6) is -0.0433. The molecule has 1 rings (SSSR count). The van der Waals surface area contributed by atoms with Crippen LogP contribution in [0.3, 0.4) is 0 Å². The van der Waals surface area contributed by atoms with Gasteiger partial charge in [-0.15, -0.1) is 0 Å². The summed E-state index contributed by atoms with van der Waals surface area (Å²) in [4.78, 5) is 11.6. The van der Waals surface area contributed by atoms with E-state index in [2.05, 4.69) is 21.2 Å². The molecule has 1 N–H and O–H groups in total. The molecule has 0 bridgehead atoms. The van der Waals surface area contributed by atoms with Gasteiger partial charge in [-0.05, 0) is 47.0 Å². The van der Waals surface area contributed by atoms with E-state index in [0.29, 0.717) is 12.1 Å². The van der Waals surface area contributed by atoms with Gasteiger partial charge in [0.1, 0.15) is 0 Å². The largest absolute Gasteiger partial charge is 0.354 e. The summed E-state index contributed by atoms with van der Waals surface area (Å²) in [6, 6.07) is 5.49. The molecule has 0 fully saturated rings. The van der Waals surface area contributed by atoms with Crippen LogP contribution in [0.2, 0.25) is 0 Å². The van der Waals surface area contributed by atoms with E-state index in [1.165, 1.54) is 4.31 Å². The van der Waals surface area contributed by atoms with Crippen molar-refractivity contribution in [3.05, 3.63) is 28.2 Å². The van der Waals surface area contributed by atoms with Crippen molar-refractivity contribution in [1.82, 2.24) is 5.32 Å². The van der Waals surface area contributed by atoms with Crippen LogP contribution in [0.4, 0.5) is 5.69 Å². The van der Waals surface area contributed by atoms with Crippen molar-refractivity contribution < 1.29 is 13.2 Å². The zero-order valence-electron chi connectivity index (χ0n) is 13.2. The first kappa shape index (κ1) is 19.0. The van der Waals surface area contributed by atoms with Crippen molar-refractivity contribution in [1.29, 1.82) is 0 Å². The lowest BCUT2D eigenvalue weighted by Gasteiger charge is -2.24. The van der Waals surface area contributed by atoms with E-state index in [-0.39, 0.29) is 19.0 Å². The third-order valence-electron chi connectivity index (χ3n) is 3.17. The molecule has 1 aromatic carbocycles. The Morgan fingerprint density at radius 2 is 2.05 bits per heavy atom. The fourth-order valence-electron chi connectivity index (χ4n) is 2.00. The zero-order valence-corrected chi connectivity index (χ0v) is 15.6. The van der Waals surface area contributed by atoms with Crippen molar-refractivity contribution in [2.24, 2.45) is 0 Å². The second-order valence-electron chi connectivity index (χ2n) is 5.24. The Labute approximate surface area is 141 Å². The van der Waals surface area contributed by atoms with Gasteiger partial charge in [0.2, 0.25) is 15.9 Å². The SMILES string of the molecule is CCCCC(=O)NCCN(c1ccc(C)cc1Br)S(C)(=O)=O. The van der Waals surface area contributed by atoms with E-state index in [1.807, 2.05) is 26.0 Å². The first-order valence-corrected chi connectivity index (χ1v) is 9.90. The third-order valence-corrected chi connectivity index (χ3v) is 4.98. The van der Waals surface area contributed by atoms with Crippen LogP contribution in [0.5, 0.6) is 0 Å². The van der Waals surface area contributed by atoms with E-state index in [4.69, 9.17) is 0 Å². The Morgan fingerprint density at radius 3 is 2.59 bits per heavy atom. The highest BCUT2D eigenvalue weighted by Gasteiger charge is 2.19. The topological polar surface area (TPSA) is 66.5 Å². The highest BCUT2D eigenvalue weighted by molar-refractivity contribution is 9.10. The van der Waals surface area contributed by atoms with E-state index in [0.717, 1.165) is 29.1 Å². The summed E-state index contributed by atoms with van der Waals surface area (Å²) in [7, 11) is -3.42.